The number of piperidine rings is 1. The van der Waals surface area contributed by atoms with Gasteiger partial charge in [0, 0.05) is 32.1 Å². The van der Waals surface area contributed by atoms with Gasteiger partial charge in [0.1, 0.15) is 0 Å². The number of nitrogens with one attached hydrogen (secondary N) is 2. The van der Waals surface area contributed by atoms with Gasteiger partial charge in [0.2, 0.25) is 11.8 Å². The number of rotatable bonds is 4. The molecule has 1 atom stereocenters. The fourth-order valence-corrected chi connectivity index (χ4v) is 4.66. The number of hydrogen-bond acceptors (Lipinski definition) is 4. The van der Waals surface area contributed by atoms with Crippen molar-refractivity contribution in [3.8, 4) is 0 Å². The molecule has 9 heteroatoms. The SMILES string of the molecule is Cl.Cl.O=C(CN1CCN(C(=O)C2CC23CCNCC3)CC1)Nc1ccccc1Cl. The van der Waals surface area contributed by atoms with Gasteiger partial charge in [-0.1, -0.05) is 23.7 Å². The van der Waals surface area contributed by atoms with Crippen LogP contribution >= 0.6 is 36.4 Å². The first-order valence-electron chi connectivity index (χ1n) is 9.84. The molecule has 2 N–H and O–H groups in total. The predicted octanol–water partition coefficient (Wildman–Crippen LogP) is 2.66. The summed E-state index contributed by atoms with van der Waals surface area (Å²) in [7, 11) is 0. The molecule has 1 aromatic rings. The third-order valence-corrected chi connectivity index (χ3v) is 6.62. The Labute approximate surface area is 189 Å². The maximum Gasteiger partial charge on any atom is 0.238 e. The Kier molecular flexibility index (Phi) is 8.61. The lowest BCUT2D eigenvalue weighted by molar-refractivity contribution is -0.135. The second-order valence-electron chi connectivity index (χ2n) is 8.00. The van der Waals surface area contributed by atoms with Crippen LogP contribution in [0.2, 0.25) is 5.02 Å². The summed E-state index contributed by atoms with van der Waals surface area (Å²) in [6, 6.07) is 7.23. The number of hydrogen-bond donors (Lipinski definition) is 2. The van der Waals surface area contributed by atoms with E-state index in [-0.39, 0.29) is 42.1 Å². The number of halogens is 3. The molecule has 6 nitrogen and oxygen atoms in total. The summed E-state index contributed by atoms with van der Waals surface area (Å²) in [5.41, 5.74) is 0.924. The standard InChI is InChI=1S/C20H27ClN4O2.2ClH/c21-16-3-1-2-4-17(16)23-18(26)14-24-9-11-25(12-10-24)19(27)15-13-20(15)5-7-22-8-6-20;;/h1-4,15,22H,5-14H2,(H,23,26);2*1H. The first-order chi connectivity index (χ1) is 13.1. The molecule has 0 aromatic heterocycles. The molecule has 3 fully saturated rings. The van der Waals surface area contributed by atoms with Crippen molar-refractivity contribution in [3.63, 3.8) is 0 Å². The number of carbonyl (C=O) groups excluding carboxylic acids is 2. The number of anilines is 1. The molecule has 2 amide bonds. The van der Waals surface area contributed by atoms with Gasteiger partial charge < -0.3 is 15.5 Å². The summed E-state index contributed by atoms with van der Waals surface area (Å²) in [6.07, 6.45) is 3.32. The quantitative estimate of drug-likeness (QED) is 0.720. The smallest absolute Gasteiger partial charge is 0.238 e. The van der Waals surface area contributed by atoms with Crippen LogP contribution in [0.1, 0.15) is 19.3 Å². The molecule has 2 heterocycles. The van der Waals surface area contributed by atoms with E-state index in [1.165, 1.54) is 0 Å². The Hall–Kier alpha value is -1.05. The molecule has 3 aliphatic rings. The van der Waals surface area contributed by atoms with Gasteiger partial charge in [0.05, 0.1) is 17.3 Å². The van der Waals surface area contributed by atoms with Crippen LogP contribution in [0.4, 0.5) is 5.69 Å². The van der Waals surface area contributed by atoms with Crippen LogP contribution < -0.4 is 10.6 Å². The predicted molar refractivity (Wildman–Crippen MR) is 120 cm³/mol. The number of nitrogens with zero attached hydrogens (tertiary/aromatic N) is 2. The van der Waals surface area contributed by atoms with Crippen molar-refractivity contribution in [3.05, 3.63) is 29.3 Å². The van der Waals surface area contributed by atoms with Crippen molar-refractivity contribution < 1.29 is 9.59 Å². The molecule has 1 aliphatic carbocycles. The Bertz CT molecular complexity index is 719. The lowest BCUT2D eigenvalue weighted by atomic mass is 9.91. The maximum absolute atomic E-state index is 12.8. The topological polar surface area (TPSA) is 64.7 Å². The zero-order valence-corrected chi connectivity index (χ0v) is 18.8. The van der Waals surface area contributed by atoms with Gasteiger partial charge in [-0.15, -0.1) is 24.8 Å². The lowest BCUT2D eigenvalue weighted by Crippen LogP contribution is -2.51. The third-order valence-electron chi connectivity index (χ3n) is 6.29. The highest BCUT2D eigenvalue weighted by Gasteiger charge is 2.58. The molecule has 2 saturated heterocycles. The van der Waals surface area contributed by atoms with Crippen LogP contribution in [-0.4, -0.2) is 67.4 Å². The van der Waals surface area contributed by atoms with Crippen LogP contribution in [0.5, 0.6) is 0 Å². The highest BCUT2D eigenvalue weighted by molar-refractivity contribution is 6.33. The Morgan fingerprint density at radius 3 is 2.41 bits per heavy atom. The summed E-state index contributed by atoms with van der Waals surface area (Å²) < 4.78 is 0. The molecule has 1 saturated carbocycles. The fourth-order valence-electron chi connectivity index (χ4n) is 4.48. The molecule has 1 spiro atoms. The second kappa shape index (κ2) is 10.3. The summed E-state index contributed by atoms with van der Waals surface area (Å²) in [4.78, 5) is 29.2. The van der Waals surface area contributed by atoms with Gasteiger partial charge in [-0.05, 0) is 49.9 Å². The highest BCUT2D eigenvalue weighted by Crippen LogP contribution is 2.59. The van der Waals surface area contributed by atoms with E-state index in [0.717, 1.165) is 45.4 Å². The zero-order valence-electron chi connectivity index (χ0n) is 16.4. The van der Waals surface area contributed by atoms with Gasteiger partial charge >= 0.3 is 0 Å². The summed E-state index contributed by atoms with van der Waals surface area (Å²) in [6.45, 7) is 5.31. The van der Waals surface area contributed by atoms with E-state index < -0.39 is 0 Å². The first kappa shape index (κ1) is 24.2. The number of carbonyl (C=O) groups is 2. The van der Waals surface area contributed by atoms with Crippen molar-refractivity contribution in [2.75, 3.05) is 51.1 Å². The van der Waals surface area contributed by atoms with Gasteiger partial charge in [0.15, 0.2) is 0 Å². The van der Waals surface area contributed by atoms with Gasteiger partial charge in [-0.25, -0.2) is 0 Å². The molecule has 29 heavy (non-hydrogen) atoms. The number of amides is 2. The average molecular weight is 464 g/mol. The van der Waals surface area contributed by atoms with Crippen LogP contribution in [0.25, 0.3) is 0 Å². The third kappa shape index (κ3) is 5.56. The van der Waals surface area contributed by atoms with Crippen LogP contribution in [0, 0.1) is 11.3 Å². The minimum Gasteiger partial charge on any atom is -0.340 e. The summed E-state index contributed by atoms with van der Waals surface area (Å²) in [5.74, 6) is 0.491. The fraction of sp³-hybridized carbons (Fsp3) is 0.600. The first-order valence-corrected chi connectivity index (χ1v) is 10.2. The molecule has 0 radical (unpaired) electrons. The Morgan fingerprint density at radius 1 is 1.10 bits per heavy atom. The molecule has 2 aliphatic heterocycles. The summed E-state index contributed by atoms with van der Waals surface area (Å²) in [5, 5.41) is 6.79. The van der Waals surface area contributed by atoms with Gasteiger partial charge in [-0.3, -0.25) is 14.5 Å². The molecule has 1 aromatic carbocycles. The van der Waals surface area contributed by atoms with Crippen molar-refractivity contribution in [1.29, 1.82) is 0 Å². The largest absolute Gasteiger partial charge is 0.340 e. The zero-order chi connectivity index (χ0) is 18.9. The monoisotopic (exact) mass is 462 g/mol. The normalized spacial score (nSPS) is 22.9. The van der Waals surface area contributed by atoms with E-state index in [2.05, 4.69) is 15.5 Å². The highest BCUT2D eigenvalue weighted by atomic mass is 35.5. The van der Waals surface area contributed by atoms with Crippen molar-refractivity contribution in [1.82, 2.24) is 15.1 Å². The van der Waals surface area contributed by atoms with E-state index in [4.69, 9.17) is 11.6 Å². The minimum atomic E-state index is -0.0706. The van der Waals surface area contributed by atoms with Crippen LogP contribution in [0.3, 0.4) is 0 Å². The van der Waals surface area contributed by atoms with E-state index in [1.807, 2.05) is 17.0 Å². The Balaban J connectivity index is 0.00000150. The number of benzene rings is 1. The Morgan fingerprint density at radius 2 is 1.76 bits per heavy atom. The summed E-state index contributed by atoms with van der Waals surface area (Å²) >= 11 is 6.09. The molecule has 1 unspecified atom stereocenters. The molecule has 4 rings (SSSR count). The van der Waals surface area contributed by atoms with E-state index in [9.17, 15) is 9.59 Å². The van der Waals surface area contributed by atoms with E-state index >= 15 is 0 Å². The van der Waals surface area contributed by atoms with Crippen molar-refractivity contribution in [2.45, 2.75) is 19.3 Å². The minimum absolute atomic E-state index is 0. The van der Waals surface area contributed by atoms with Gasteiger partial charge in [-0.2, -0.15) is 0 Å². The maximum atomic E-state index is 12.8. The molecule has 162 valence electrons. The number of para-hydroxylation sites is 1. The lowest BCUT2D eigenvalue weighted by Gasteiger charge is -2.35. The molecular formula is C20H29Cl3N4O2. The van der Waals surface area contributed by atoms with Crippen LogP contribution in [-0.2, 0) is 9.59 Å². The molecular weight excluding hydrogens is 435 g/mol. The van der Waals surface area contributed by atoms with Crippen molar-refractivity contribution in [2.24, 2.45) is 11.3 Å². The number of piperazine rings is 1. The van der Waals surface area contributed by atoms with E-state index in [0.29, 0.717) is 36.3 Å². The van der Waals surface area contributed by atoms with Crippen molar-refractivity contribution >= 4 is 53.9 Å². The van der Waals surface area contributed by atoms with E-state index in [1.54, 1.807) is 12.1 Å². The molecule has 0 bridgehead atoms. The van der Waals surface area contributed by atoms with Gasteiger partial charge in [0.25, 0.3) is 0 Å². The average Bonchev–Trinajstić information content (AvgIpc) is 3.37. The van der Waals surface area contributed by atoms with Crippen LogP contribution in [0.15, 0.2) is 24.3 Å². The second-order valence-corrected chi connectivity index (χ2v) is 8.41.